The van der Waals surface area contributed by atoms with Gasteiger partial charge in [-0.15, -0.1) is 0 Å². The van der Waals surface area contributed by atoms with Gasteiger partial charge in [0.15, 0.2) is 0 Å². The first-order valence-electron chi connectivity index (χ1n) is 10.9. The molecule has 164 valence electrons. The highest BCUT2D eigenvalue weighted by atomic mass is 16.5. The van der Waals surface area contributed by atoms with Crippen molar-refractivity contribution < 1.29 is 14.3 Å². The number of methoxy groups -OCH3 is 1. The lowest BCUT2D eigenvalue weighted by Crippen LogP contribution is -2.51. The van der Waals surface area contributed by atoms with Crippen LogP contribution >= 0.6 is 0 Å². The van der Waals surface area contributed by atoms with Gasteiger partial charge in [-0.25, -0.2) is 0 Å². The number of ether oxygens (including phenoxy) is 2. The molecule has 1 aromatic heterocycles. The molecule has 6 nitrogen and oxygen atoms in total. The summed E-state index contributed by atoms with van der Waals surface area (Å²) < 4.78 is 11.2. The normalized spacial score (nSPS) is 20.5. The average molecular weight is 422 g/mol. The number of hydrogen-bond acceptors (Lipinski definition) is 4. The van der Waals surface area contributed by atoms with Crippen LogP contribution in [0.25, 0.3) is 10.9 Å². The van der Waals surface area contributed by atoms with E-state index in [0.29, 0.717) is 6.54 Å². The van der Waals surface area contributed by atoms with Gasteiger partial charge in [0.1, 0.15) is 11.8 Å². The van der Waals surface area contributed by atoms with Crippen LogP contribution in [0.2, 0.25) is 0 Å². The Hall–Kier alpha value is -2.83. The largest absolute Gasteiger partial charge is 0.497 e. The van der Waals surface area contributed by atoms with Crippen molar-refractivity contribution in [3.8, 4) is 5.75 Å². The second kappa shape index (κ2) is 9.54. The monoisotopic (exact) mass is 421 g/mol. The van der Waals surface area contributed by atoms with E-state index in [2.05, 4.69) is 35.1 Å². The number of benzene rings is 2. The van der Waals surface area contributed by atoms with E-state index in [9.17, 15) is 4.79 Å². The summed E-state index contributed by atoms with van der Waals surface area (Å²) in [6, 6.07) is 15.7. The van der Waals surface area contributed by atoms with Crippen molar-refractivity contribution in [2.45, 2.75) is 38.5 Å². The lowest BCUT2D eigenvalue weighted by Gasteiger charge is -2.39. The number of nitrogens with one attached hydrogen (secondary N) is 2. The molecule has 31 heavy (non-hydrogen) atoms. The first-order chi connectivity index (χ1) is 15.0. The smallest absolute Gasteiger partial charge is 0.241 e. The van der Waals surface area contributed by atoms with Crippen molar-refractivity contribution in [1.82, 2.24) is 15.2 Å². The minimum absolute atomic E-state index is 0.0361. The van der Waals surface area contributed by atoms with Gasteiger partial charge in [-0.1, -0.05) is 30.3 Å². The van der Waals surface area contributed by atoms with Crippen LogP contribution in [0.5, 0.6) is 5.75 Å². The molecule has 3 atom stereocenters. The number of amides is 1. The highest BCUT2D eigenvalue weighted by molar-refractivity contribution is 5.85. The van der Waals surface area contributed by atoms with Crippen molar-refractivity contribution in [2.24, 2.45) is 0 Å². The Kier molecular flexibility index (Phi) is 6.59. The van der Waals surface area contributed by atoms with E-state index in [1.165, 1.54) is 5.56 Å². The van der Waals surface area contributed by atoms with Gasteiger partial charge >= 0.3 is 0 Å². The van der Waals surface area contributed by atoms with E-state index >= 15 is 0 Å². The second-order valence-electron chi connectivity index (χ2n) is 8.29. The summed E-state index contributed by atoms with van der Waals surface area (Å²) in [5.74, 6) is 0.864. The van der Waals surface area contributed by atoms with E-state index in [1.54, 1.807) is 7.11 Å². The van der Waals surface area contributed by atoms with Crippen molar-refractivity contribution in [2.75, 3.05) is 26.7 Å². The van der Waals surface area contributed by atoms with Crippen molar-refractivity contribution >= 4 is 16.8 Å². The van der Waals surface area contributed by atoms with E-state index in [-0.39, 0.29) is 24.2 Å². The van der Waals surface area contributed by atoms with Gasteiger partial charge in [0.05, 0.1) is 19.3 Å². The van der Waals surface area contributed by atoms with Crippen LogP contribution in [-0.2, 0) is 16.0 Å². The summed E-state index contributed by atoms with van der Waals surface area (Å²) in [4.78, 5) is 18.8. The number of hydrogen-bond donors (Lipinski definition) is 2. The minimum Gasteiger partial charge on any atom is -0.497 e. The molecule has 0 saturated carbocycles. The second-order valence-corrected chi connectivity index (χ2v) is 8.29. The number of nitrogens with zero attached hydrogens (tertiary/aromatic N) is 1. The minimum atomic E-state index is -0.317. The molecule has 0 aliphatic carbocycles. The van der Waals surface area contributed by atoms with Crippen molar-refractivity contribution in [1.29, 1.82) is 0 Å². The number of aromatic amines is 1. The third kappa shape index (κ3) is 4.92. The summed E-state index contributed by atoms with van der Waals surface area (Å²) >= 11 is 0. The Labute approximate surface area is 183 Å². The predicted octanol–water partition coefficient (Wildman–Crippen LogP) is 3.69. The fraction of sp³-hybridized carbons (Fsp3) is 0.400. The van der Waals surface area contributed by atoms with Crippen LogP contribution in [0.15, 0.2) is 54.7 Å². The number of carbonyl (C=O) groups is 1. The molecule has 1 amide bonds. The maximum absolute atomic E-state index is 13.3. The number of aromatic nitrogens is 1. The van der Waals surface area contributed by atoms with E-state index in [4.69, 9.17) is 9.47 Å². The molecule has 0 radical (unpaired) electrons. The molecular formula is C25H31N3O3. The van der Waals surface area contributed by atoms with Crippen LogP contribution in [0.3, 0.4) is 0 Å². The molecule has 4 rings (SSSR count). The van der Waals surface area contributed by atoms with Gasteiger partial charge in [-0.05, 0) is 43.5 Å². The lowest BCUT2D eigenvalue weighted by molar-refractivity contribution is -0.133. The zero-order valence-electron chi connectivity index (χ0n) is 18.4. The molecule has 2 heterocycles. The molecular weight excluding hydrogens is 390 g/mol. The van der Waals surface area contributed by atoms with Crippen LogP contribution < -0.4 is 10.1 Å². The third-order valence-electron chi connectivity index (χ3n) is 5.84. The summed E-state index contributed by atoms with van der Waals surface area (Å²) in [5.41, 5.74) is 3.24. The molecule has 1 aliphatic heterocycles. The predicted molar refractivity (Wildman–Crippen MR) is 122 cm³/mol. The van der Waals surface area contributed by atoms with Crippen LogP contribution in [0, 0.1) is 0 Å². The highest BCUT2D eigenvalue weighted by Crippen LogP contribution is 2.26. The van der Waals surface area contributed by atoms with Gasteiger partial charge in [0.2, 0.25) is 5.91 Å². The Balaban J connectivity index is 1.45. The molecule has 1 fully saturated rings. The molecule has 3 aromatic rings. The Morgan fingerprint density at radius 2 is 1.94 bits per heavy atom. The molecule has 6 heteroatoms. The molecule has 2 N–H and O–H groups in total. The maximum atomic E-state index is 13.3. The molecule has 2 aromatic carbocycles. The zero-order chi connectivity index (χ0) is 21.8. The van der Waals surface area contributed by atoms with Gasteiger partial charge in [-0.3, -0.25) is 9.69 Å². The number of rotatable bonds is 7. The quantitative estimate of drug-likeness (QED) is 0.611. The van der Waals surface area contributed by atoms with E-state index in [0.717, 1.165) is 41.7 Å². The standard InChI is InChI=1S/C25H31N3O3/c1-17-15-28(16-18(2)31-17)24(19-7-5-4-6-8-19)25(29)26-12-11-20-14-27-23-13-21(30-3)9-10-22(20)23/h4-10,13-14,17-18,24,27H,11-12,15-16H2,1-3H3,(H,26,29). The topological polar surface area (TPSA) is 66.6 Å². The van der Waals surface area contributed by atoms with E-state index in [1.807, 2.05) is 48.7 Å². The summed E-state index contributed by atoms with van der Waals surface area (Å²) in [7, 11) is 1.67. The van der Waals surface area contributed by atoms with Gasteiger partial charge in [0, 0.05) is 42.8 Å². The summed E-state index contributed by atoms with van der Waals surface area (Å²) in [6.07, 6.45) is 2.98. The van der Waals surface area contributed by atoms with Gasteiger partial charge in [-0.2, -0.15) is 0 Å². The Morgan fingerprint density at radius 1 is 1.19 bits per heavy atom. The number of carbonyl (C=O) groups excluding carboxylic acids is 1. The molecule has 0 spiro atoms. The van der Waals surface area contributed by atoms with Crippen LogP contribution in [-0.4, -0.2) is 54.7 Å². The van der Waals surface area contributed by atoms with Crippen molar-refractivity contribution in [3.63, 3.8) is 0 Å². The number of H-pyrrole nitrogens is 1. The maximum Gasteiger partial charge on any atom is 0.241 e. The number of morpholine rings is 1. The third-order valence-corrected chi connectivity index (χ3v) is 5.84. The molecule has 3 unspecified atom stereocenters. The fourth-order valence-electron chi connectivity index (χ4n) is 4.51. The van der Waals surface area contributed by atoms with Crippen molar-refractivity contribution in [3.05, 3.63) is 65.9 Å². The highest BCUT2D eigenvalue weighted by Gasteiger charge is 2.33. The fourth-order valence-corrected chi connectivity index (χ4v) is 4.51. The van der Waals surface area contributed by atoms with E-state index < -0.39 is 0 Å². The summed E-state index contributed by atoms with van der Waals surface area (Å²) in [5, 5.41) is 4.33. The van der Waals surface area contributed by atoms with Gasteiger partial charge < -0.3 is 19.8 Å². The van der Waals surface area contributed by atoms with Crippen LogP contribution in [0.4, 0.5) is 0 Å². The first-order valence-corrected chi connectivity index (χ1v) is 10.9. The molecule has 1 aliphatic rings. The van der Waals surface area contributed by atoms with Gasteiger partial charge in [0.25, 0.3) is 0 Å². The molecule has 0 bridgehead atoms. The first kappa shape index (κ1) is 21.4. The SMILES string of the molecule is COc1ccc2c(CCNC(=O)C(c3ccccc3)N3CC(C)OC(C)C3)c[nH]c2c1. The lowest BCUT2D eigenvalue weighted by atomic mass is 10.0. The Morgan fingerprint density at radius 3 is 2.65 bits per heavy atom. The Bertz CT molecular complexity index is 1010. The number of fused-ring (bicyclic) bond motifs is 1. The zero-order valence-corrected chi connectivity index (χ0v) is 18.4. The molecule has 1 saturated heterocycles. The summed E-state index contributed by atoms with van der Waals surface area (Å²) in [6.45, 7) is 6.18. The average Bonchev–Trinajstić information content (AvgIpc) is 3.16. The van der Waals surface area contributed by atoms with Crippen LogP contribution in [0.1, 0.15) is 31.0 Å².